The van der Waals surface area contributed by atoms with Crippen molar-refractivity contribution in [2.45, 2.75) is 32.6 Å². The van der Waals surface area contributed by atoms with E-state index in [0.29, 0.717) is 29.1 Å². The molecule has 106 valence electrons. The number of aliphatic carboxylic acids is 1. The standard InChI is InChI=1S/C13H18BrNO4/c1-2-9(3-4-11(16)17)5-7-15-13(18)10-6-8-19-12(10)14/h6,8-9H,2-5,7H2,1H3,(H,15,18)(H,16,17). The fourth-order valence-corrected chi connectivity index (χ4v) is 2.24. The highest BCUT2D eigenvalue weighted by molar-refractivity contribution is 9.10. The van der Waals surface area contributed by atoms with Gasteiger partial charge in [-0.05, 0) is 40.8 Å². The Hall–Kier alpha value is -1.30. The average molecular weight is 332 g/mol. The first-order chi connectivity index (χ1) is 9.04. The smallest absolute Gasteiger partial charge is 0.303 e. The molecule has 6 heteroatoms. The summed E-state index contributed by atoms with van der Waals surface area (Å²) < 4.78 is 5.41. The molecular formula is C13H18BrNO4. The molecule has 0 aliphatic rings. The number of carboxylic acid groups (broad SMARTS) is 1. The van der Waals surface area contributed by atoms with Crippen molar-refractivity contribution in [3.63, 3.8) is 0 Å². The van der Waals surface area contributed by atoms with Crippen molar-refractivity contribution in [3.05, 3.63) is 22.6 Å². The Morgan fingerprint density at radius 3 is 2.74 bits per heavy atom. The highest BCUT2D eigenvalue weighted by atomic mass is 79.9. The van der Waals surface area contributed by atoms with Crippen molar-refractivity contribution in [2.75, 3.05) is 6.54 Å². The molecule has 1 aromatic heterocycles. The Kier molecular flexibility index (Phi) is 6.62. The number of rotatable bonds is 8. The second-order valence-corrected chi connectivity index (χ2v) is 5.08. The summed E-state index contributed by atoms with van der Waals surface area (Å²) in [5.74, 6) is -0.636. The van der Waals surface area contributed by atoms with Crippen LogP contribution in [-0.2, 0) is 4.79 Å². The lowest BCUT2D eigenvalue weighted by Crippen LogP contribution is -2.26. The van der Waals surface area contributed by atoms with E-state index in [-0.39, 0.29) is 12.3 Å². The second-order valence-electron chi connectivity index (χ2n) is 4.36. The summed E-state index contributed by atoms with van der Waals surface area (Å²) in [6, 6.07) is 1.60. The van der Waals surface area contributed by atoms with E-state index >= 15 is 0 Å². The molecule has 19 heavy (non-hydrogen) atoms. The fourth-order valence-electron chi connectivity index (χ4n) is 1.82. The summed E-state index contributed by atoms with van der Waals surface area (Å²) in [6.07, 6.45) is 3.97. The van der Waals surface area contributed by atoms with Crippen LogP contribution in [0.3, 0.4) is 0 Å². The number of carbonyl (C=O) groups excluding carboxylic acids is 1. The largest absolute Gasteiger partial charge is 0.481 e. The normalized spacial score (nSPS) is 12.1. The summed E-state index contributed by atoms with van der Waals surface area (Å²) >= 11 is 3.15. The SMILES string of the molecule is CCC(CCNC(=O)c1ccoc1Br)CCC(=O)O. The predicted octanol–water partition coefficient (Wildman–Crippen LogP) is 3.05. The molecule has 0 aliphatic carbocycles. The molecule has 0 fully saturated rings. The topological polar surface area (TPSA) is 79.5 Å². The second kappa shape index (κ2) is 7.99. The monoisotopic (exact) mass is 331 g/mol. The zero-order valence-electron chi connectivity index (χ0n) is 10.8. The Morgan fingerprint density at radius 2 is 2.21 bits per heavy atom. The van der Waals surface area contributed by atoms with Gasteiger partial charge in [0.25, 0.3) is 5.91 Å². The molecule has 1 unspecified atom stereocenters. The molecule has 0 aliphatic heterocycles. The Bertz CT molecular complexity index is 430. The zero-order chi connectivity index (χ0) is 14.3. The van der Waals surface area contributed by atoms with Gasteiger partial charge in [0.05, 0.1) is 11.8 Å². The highest BCUT2D eigenvalue weighted by Crippen LogP contribution is 2.18. The van der Waals surface area contributed by atoms with Crippen molar-refractivity contribution in [1.29, 1.82) is 0 Å². The zero-order valence-corrected chi connectivity index (χ0v) is 12.4. The first-order valence-corrected chi connectivity index (χ1v) is 7.06. The van der Waals surface area contributed by atoms with Gasteiger partial charge in [-0.2, -0.15) is 0 Å². The van der Waals surface area contributed by atoms with Crippen molar-refractivity contribution in [1.82, 2.24) is 5.32 Å². The Balaban J connectivity index is 2.30. The van der Waals surface area contributed by atoms with E-state index in [1.165, 1.54) is 6.26 Å². The van der Waals surface area contributed by atoms with Crippen LogP contribution in [-0.4, -0.2) is 23.5 Å². The molecule has 1 amide bonds. The summed E-state index contributed by atoms with van der Waals surface area (Å²) in [5, 5.41) is 11.4. The lowest BCUT2D eigenvalue weighted by atomic mass is 9.96. The molecule has 0 radical (unpaired) electrons. The van der Waals surface area contributed by atoms with Gasteiger partial charge in [0, 0.05) is 13.0 Å². The molecule has 0 saturated heterocycles. The lowest BCUT2D eigenvalue weighted by Gasteiger charge is -2.13. The van der Waals surface area contributed by atoms with Crippen LogP contribution in [0.5, 0.6) is 0 Å². The fraction of sp³-hybridized carbons (Fsp3) is 0.538. The van der Waals surface area contributed by atoms with Gasteiger partial charge >= 0.3 is 5.97 Å². The number of furan rings is 1. The van der Waals surface area contributed by atoms with Crippen LogP contribution in [0.4, 0.5) is 0 Å². The van der Waals surface area contributed by atoms with Gasteiger partial charge in [-0.25, -0.2) is 0 Å². The van der Waals surface area contributed by atoms with E-state index in [2.05, 4.69) is 21.2 Å². The number of amides is 1. The Morgan fingerprint density at radius 1 is 1.47 bits per heavy atom. The van der Waals surface area contributed by atoms with Crippen LogP contribution in [0.25, 0.3) is 0 Å². The molecular weight excluding hydrogens is 314 g/mol. The summed E-state index contributed by atoms with van der Waals surface area (Å²) in [5.41, 5.74) is 0.471. The van der Waals surface area contributed by atoms with Crippen LogP contribution in [0.2, 0.25) is 0 Å². The van der Waals surface area contributed by atoms with Crippen LogP contribution >= 0.6 is 15.9 Å². The third-order valence-corrected chi connectivity index (χ3v) is 3.66. The van der Waals surface area contributed by atoms with E-state index in [1.54, 1.807) is 6.07 Å². The van der Waals surface area contributed by atoms with Gasteiger partial charge in [-0.3, -0.25) is 9.59 Å². The van der Waals surface area contributed by atoms with Crippen LogP contribution in [0, 0.1) is 5.92 Å². The van der Waals surface area contributed by atoms with E-state index in [1.807, 2.05) is 6.92 Å². The summed E-state index contributed by atoms with van der Waals surface area (Å²) in [6.45, 7) is 2.57. The molecule has 0 bridgehead atoms. The minimum Gasteiger partial charge on any atom is -0.481 e. The maximum atomic E-state index is 11.8. The van der Waals surface area contributed by atoms with Crippen molar-refractivity contribution >= 4 is 27.8 Å². The van der Waals surface area contributed by atoms with Crippen molar-refractivity contribution in [3.8, 4) is 0 Å². The average Bonchev–Trinajstić information content (AvgIpc) is 2.79. The van der Waals surface area contributed by atoms with E-state index in [9.17, 15) is 9.59 Å². The highest BCUT2D eigenvalue weighted by Gasteiger charge is 2.13. The van der Waals surface area contributed by atoms with Crippen molar-refractivity contribution < 1.29 is 19.1 Å². The molecule has 1 heterocycles. The number of hydrogen-bond acceptors (Lipinski definition) is 3. The molecule has 2 N–H and O–H groups in total. The quantitative estimate of drug-likeness (QED) is 0.767. The molecule has 5 nitrogen and oxygen atoms in total. The molecule has 1 atom stereocenters. The molecule has 0 aromatic carbocycles. The molecule has 0 spiro atoms. The van der Waals surface area contributed by atoms with Gasteiger partial charge in [-0.15, -0.1) is 0 Å². The minimum absolute atomic E-state index is 0.180. The molecule has 1 aromatic rings. The van der Waals surface area contributed by atoms with E-state index < -0.39 is 5.97 Å². The molecule has 1 rings (SSSR count). The maximum Gasteiger partial charge on any atom is 0.303 e. The van der Waals surface area contributed by atoms with Gasteiger partial charge in [0.15, 0.2) is 4.67 Å². The maximum absolute atomic E-state index is 11.8. The van der Waals surface area contributed by atoms with E-state index in [0.717, 1.165) is 12.8 Å². The first kappa shape index (κ1) is 15.8. The lowest BCUT2D eigenvalue weighted by molar-refractivity contribution is -0.137. The number of hydrogen-bond donors (Lipinski definition) is 2. The van der Waals surface area contributed by atoms with Gasteiger partial charge < -0.3 is 14.8 Å². The third kappa shape index (κ3) is 5.46. The number of nitrogens with one attached hydrogen (secondary N) is 1. The van der Waals surface area contributed by atoms with Gasteiger partial charge in [-0.1, -0.05) is 13.3 Å². The summed E-state index contributed by atoms with van der Waals surface area (Å²) in [4.78, 5) is 22.3. The van der Waals surface area contributed by atoms with Crippen molar-refractivity contribution in [2.24, 2.45) is 5.92 Å². The Labute approximate surface area is 120 Å². The minimum atomic E-state index is -0.773. The van der Waals surface area contributed by atoms with Crippen LogP contribution < -0.4 is 5.32 Å². The van der Waals surface area contributed by atoms with Crippen LogP contribution in [0.15, 0.2) is 21.4 Å². The number of carboxylic acids is 1. The van der Waals surface area contributed by atoms with Gasteiger partial charge in [0.1, 0.15) is 0 Å². The number of carbonyl (C=O) groups is 2. The first-order valence-electron chi connectivity index (χ1n) is 6.27. The summed E-state index contributed by atoms with van der Waals surface area (Å²) in [7, 11) is 0. The van der Waals surface area contributed by atoms with E-state index in [4.69, 9.17) is 9.52 Å². The number of halogens is 1. The third-order valence-electron chi connectivity index (χ3n) is 3.04. The van der Waals surface area contributed by atoms with Gasteiger partial charge in [0.2, 0.25) is 0 Å². The predicted molar refractivity (Wildman–Crippen MR) is 74.0 cm³/mol. The molecule has 0 saturated carbocycles. The van der Waals surface area contributed by atoms with Crippen LogP contribution in [0.1, 0.15) is 43.0 Å².